The molecular weight excluding hydrogens is 248 g/mol. The highest BCUT2D eigenvalue weighted by Crippen LogP contribution is 2.26. The van der Waals surface area contributed by atoms with E-state index in [1.807, 2.05) is 0 Å². The molecule has 2 rings (SSSR count). The van der Waals surface area contributed by atoms with Crippen molar-refractivity contribution in [3.05, 3.63) is 23.9 Å². The van der Waals surface area contributed by atoms with Crippen LogP contribution in [0.25, 0.3) is 0 Å². The Hall–Kier alpha value is -1.31. The van der Waals surface area contributed by atoms with E-state index in [-0.39, 0.29) is 18.4 Å². The summed E-state index contributed by atoms with van der Waals surface area (Å²) in [4.78, 5) is 6.45. The quantitative estimate of drug-likeness (QED) is 0.908. The van der Waals surface area contributed by atoms with Gasteiger partial charge in [-0.1, -0.05) is 13.3 Å². The van der Waals surface area contributed by atoms with E-state index in [2.05, 4.69) is 22.9 Å². The summed E-state index contributed by atoms with van der Waals surface area (Å²) < 4.78 is 0. The maximum Gasteiger partial charge on any atom is 0.146 e. The lowest BCUT2D eigenvalue weighted by atomic mass is 9.99. The molecule has 5 heteroatoms. The molecule has 0 bridgehead atoms. The Kier molecular flexibility index (Phi) is 5.39. The smallest absolute Gasteiger partial charge is 0.146 e. The molecule has 0 amide bonds. The minimum absolute atomic E-state index is 0. The number of aromatic nitrogens is 1. The van der Waals surface area contributed by atoms with Crippen molar-refractivity contribution in [3.8, 4) is 6.07 Å². The van der Waals surface area contributed by atoms with Crippen LogP contribution in [-0.4, -0.2) is 24.1 Å². The fraction of sp³-hybridized carbons (Fsp3) is 0.538. The molecule has 1 saturated heterocycles. The predicted molar refractivity (Wildman–Crippen MR) is 74.8 cm³/mol. The van der Waals surface area contributed by atoms with Gasteiger partial charge < -0.3 is 10.6 Å². The van der Waals surface area contributed by atoms with Crippen LogP contribution < -0.4 is 10.6 Å². The molecule has 0 spiro atoms. The van der Waals surface area contributed by atoms with Crippen molar-refractivity contribution in [1.82, 2.24) is 4.98 Å². The van der Waals surface area contributed by atoms with Gasteiger partial charge in [0, 0.05) is 25.3 Å². The number of nitriles is 1. The maximum atomic E-state index is 9.07. The predicted octanol–water partition coefficient (Wildman–Crippen LogP) is 1.94. The summed E-state index contributed by atoms with van der Waals surface area (Å²) in [7, 11) is 0. The van der Waals surface area contributed by atoms with E-state index in [1.54, 1.807) is 18.3 Å². The molecular formula is C13H19ClN4. The summed E-state index contributed by atoms with van der Waals surface area (Å²) in [5, 5.41) is 9.07. The molecule has 18 heavy (non-hydrogen) atoms. The normalized spacial score (nSPS) is 22.4. The molecule has 2 atom stereocenters. The van der Waals surface area contributed by atoms with E-state index in [0.29, 0.717) is 11.5 Å². The van der Waals surface area contributed by atoms with E-state index in [1.165, 1.54) is 0 Å². The fourth-order valence-electron chi connectivity index (χ4n) is 2.48. The Balaban J connectivity index is 0.00000162. The van der Waals surface area contributed by atoms with Crippen molar-refractivity contribution < 1.29 is 0 Å². The fourth-order valence-corrected chi connectivity index (χ4v) is 2.48. The number of rotatable bonds is 3. The van der Waals surface area contributed by atoms with Crippen molar-refractivity contribution >= 4 is 18.2 Å². The van der Waals surface area contributed by atoms with Crippen molar-refractivity contribution in [2.24, 2.45) is 11.7 Å². The van der Waals surface area contributed by atoms with Crippen LogP contribution in [0.2, 0.25) is 0 Å². The van der Waals surface area contributed by atoms with E-state index in [0.717, 1.165) is 31.7 Å². The van der Waals surface area contributed by atoms with Crippen molar-refractivity contribution in [2.45, 2.75) is 25.8 Å². The van der Waals surface area contributed by atoms with Crippen LogP contribution in [0.5, 0.6) is 0 Å². The first-order chi connectivity index (χ1) is 8.26. The van der Waals surface area contributed by atoms with Crippen molar-refractivity contribution in [1.29, 1.82) is 5.26 Å². The van der Waals surface area contributed by atoms with E-state index < -0.39 is 0 Å². The molecule has 1 aromatic heterocycles. The van der Waals surface area contributed by atoms with Crippen LogP contribution in [0.4, 0.5) is 5.82 Å². The summed E-state index contributed by atoms with van der Waals surface area (Å²) >= 11 is 0. The highest BCUT2D eigenvalue weighted by Gasteiger charge is 2.30. The van der Waals surface area contributed by atoms with Gasteiger partial charge in [0.1, 0.15) is 11.9 Å². The van der Waals surface area contributed by atoms with Gasteiger partial charge in [-0.05, 0) is 24.5 Å². The number of halogens is 1. The molecule has 1 fully saturated rings. The van der Waals surface area contributed by atoms with Gasteiger partial charge in [0.2, 0.25) is 0 Å². The topological polar surface area (TPSA) is 65.9 Å². The van der Waals surface area contributed by atoms with Gasteiger partial charge >= 0.3 is 0 Å². The second kappa shape index (κ2) is 6.58. The van der Waals surface area contributed by atoms with Crippen LogP contribution in [0.1, 0.15) is 25.3 Å². The maximum absolute atomic E-state index is 9.07. The minimum atomic E-state index is 0. The summed E-state index contributed by atoms with van der Waals surface area (Å²) in [5.41, 5.74) is 6.77. The Morgan fingerprint density at radius 3 is 3.00 bits per heavy atom. The molecule has 2 heterocycles. The monoisotopic (exact) mass is 266 g/mol. The molecule has 0 unspecified atom stereocenters. The number of anilines is 1. The van der Waals surface area contributed by atoms with Gasteiger partial charge in [0.05, 0.1) is 5.56 Å². The zero-order chi connectivity index (χ0) is 12.3. The largest absolute Gasteiger partial charge is 0.354 e. The Bertz CT molecular complexity index is 429. The minimum Gasteiger partial charge on any atom is -0.354 e. The van der Waals surface area contributed by atoms with E-state index in [9.17, 15) is 0 Å². The lowest BCUT2D eigenvalue weighted by molar-refractivity contribution is 0.472. The van der Waals surface area contributed by atoms with Crippen LogP contribution >= 0.6 is 12.4 Å². The summed E-state index contributed by atoms with van der Waals surface area (Å²) in [6.07, 6.45) is 4.03. The highest BCUT2D eigenvalue weighted by atomic mass is 35.5. The molecule has 2 N–H and O–H groups in total. The lowest BCUT2D eigenvalue weighted by Crippen LogP contribution is -2.29. The van der Waals surface area contributed by atoms with Crippen molar-refractivity contribution in [3.63, 3.8) is 0 Å². The zero-order valence-electron chi connectivity index (χ0n) is 10.5. The second-order valence-electron chi connectivity index (χ2n) is 4.60. The molecule has 0 aromatic carbocycles. The van der Waals surface area contributed by atoms with Crippen LogP contribution in [0.3, 0.4) is 0 Å². The summed E-state index contributed by atoms with van der Waals surface area (Å²) in [5.74, 6) is 1.30. The van der Waals surface area contributed by atoms with Gasteiger partial charge in [-0.3, -0.25) is 0 Å². The first-order valence-electron chi connectivity index (χ1n) is 6.12. The standard InChI is InChI=1S/C13H18N4.ClH/c1-2-4-11-8-17(9-12(11)15)13-10(7-14)5-3-6-16-13;/h3,5-6,11-12H,2,4,8-9,15H2,1H3;1H/t11-,12-;/m0./s1. The molecule has 0 aliphatic carbocycles. The molecule has 0 saturated carbocycles. The first kappa shape index (κ1) is 14.7. The van der Waals surface area contributed by atoms with Gasteiger partial charge in [-0.2, -0.15) is 5.26 Å². The molecule has 0 radical (unpaired) electrons. The van der Waals surface area contributed by atoms with Crippen LogP contribution in [0.15, 0.2) is 18.3 Å². The highest BCUT2D eigenvalue weighted by molar-refractivity contribution is 5.85. The third-order valence-electron chi connectivity index (χ3n) is 3.36. The third-order valence-corrected chi connectivity index (χ3v) is 3.36. The Morgan fingerprint density at radius 2 is 2.33 bits per heavy atom. The molecule has 98 valence electrons. The van der Waals surface area contributed by atoms with Gasteiger partial charge in [-0.15, -0.1) is 12.4 Å². The van der Waals surface area contributed by atoms with Gasteiger partial charge in [0.15, 0.2) is 0 Å². The molecule has 1 aliphatic heterocycles. The SMILES string of the molecule is CCC[C@H]1CN(c2ncccc2C#N)C[C@@H]1N.Cl. The lowest BCUT2D eigenvalue weighted by Gasteiger charge is -2.18. The number of hydrogen-bond donors (Lipinski definition) is 1. The zero-order valence-corrected chi connectivity index (χ0v) is 11.4. The molecule has 1 aromatic rings. The number of hydrogen-bond acceptors (Lipinski definition) is 4. The summed E-state index contributed by atoms with van der Waals surface area (Å²) in [6.45, 7) is 3.90. The average molecular weight is 267 g/mol. The van der Waals surface area contributed by atoms with E-state index >= 15 is 0 Å². The number of nitrogens with two attached hydrogens (primary N) is 1. The van der Waals surface area contributed by atoms with Crippen LogP contribution in [-0.2, 0) is 0 Å². The number of nitrogens with zero attached hydrogens (tertiary/aromatic N) is 3. The van der Waals surface area contributed by atoms with E-state index in [4.69, 9.17) is 11.0 Å². The summed E-state index contributed by atoms with van der Waals surface area (Å²) in [6, 6.07) is 5.99. The van der Waals surface area contributed by atoms with Gasteiger partial charge in [0.25, 0.3) is 0 Å². The molecule has 1 aliphatic rings. The second-order valence-corrected chi connectivity index (χ2v) is 4.60. The number of pyridine rings is 1. The van der Waals surface area contributed by atoms with Crippen LogP contribution in [0, 0.1) is 17.2 Å². The molecule has 4 nitrogen and oxygen atoms in total. The average Bonchev–Trinajstić information content (AvgIpc) is 2.71. The first-order valence-corrected chi connectivity index (χ1v) is 6.12. The Labute approximate surface area is 114 Å². The van der Waals surface area contributed by atoms with Crippen molar-refractivity contribution in [2.75, 3.05) is 18.0 Å². The van der Waals surface area contributed by atoms with Gasteiger partial charge in [-0.25, -0.2) is 4.98 Å². The Morgan fingerprint density at radius 1 is 1.56 bits per heavy atom. The third kappa shape index (κ3) is 2.92.